The molecule has 0 aromatic heterocycles. The maximum atomic E-state index is 13.6. The number of piperidine rings is 2. The molecule has 4 rings (SSSR count). The molecule has 2 heterocycles. The molecule has 3 aliphatic rings. The topological polar surface area (TPSA) is 75.4 Å². The van der Waals surface area contributed by atoms with Gasteiger partial charge in [-0.05, 0) is 43.1 Å². The molecule has 2 unspecified atom stereocenters. The van der Waals surface area contributed by atoms with Crippen molar-refractivity contribution in [1.82, 2.24) is 10.2 Å². The van der Waals surface area contributed by atoms with Crippen molar-refractivity contribution in [3.63, 3.8) is 0 Å². The van der Waals surface area contributed by atoms with Crippen molar-refractivity contribution in [1.29, 1.82) is 0 Å². The van der Waals surface area contributed by atoms with Gasteiger partial charge in [0.1, 0.15) is 0 Å². The van der Waals surface area contributed by atoms with Gasteiger partial charge in [0, 0.05) is 32.1 Å². The van der Waals surface area contributed by atoms with Gasteiger partial charge in [0.2, 0.25) is 11.8 Å². The Morgan fingerprint density at radius 3 is 2.42 bits per heavy atom. The summed E-state index contributed by atoms with van der Waals surface area (Å²) in [5.74, 6) is 0.212. The molecule has 140 valence electrons. The third-order valence-corrected chi connectivity index (χ3v) is 7.12. The van der Waals surface area contributed by atoms with Crippen LogP contribution in [0.15, 0.2) is 30.3 Å². The van der Waals surface area contributed by atoms with Gasteiger partial charge in [-0.2, -0.15) is 0 Å². The molecule has 2 atom stereocenters. The molecule has 1 aliphatic carbocycles. The predicted octanol–water partition coefficient (Wildman–Crippen LogP) is 1.95. The van der Waals surface area contributed by atoms with Crippen LogP contribution in [0, 0.1) is 5.41 Å². The Balaban J connectivity index is 1.55. The van der Waals surface area contributed by atoms with Crippen LogP contribution < -0.4 is 11.1 Å². The maximum Gasteiger partial charge on any atom is 0.235 e. The second-order valence-electron chi connectivity index (χ2n) is 8.38. The Kier molecular flexibility index (Phi) is 4.51. The SMILES string of the molecule is NC1CCCC12CCN(C(=O)C1(c3ccccc3)CCC(=O)NC1)CC2. The molecule has 5 nitrogen and oxygen atoms in total. The van der Waals surface area contributed by atoms with Crippen LogP contribution in [0.4, 0.5) is 0 Å². The van der Waals surface area contributed by atoms with E-state index in [4.69, 9.17) is 5.73 Å². The van der Waals surface area contributed by atoms with Gasteiger partial charge in [0.15, 0.2) is 0 Å². The van der Waals surface area contributed by atoms with Crippen LogP contribution in [-0.4, -0.2) is 42.4 Å². The first-order valence-electron chi connectivity index (χ1n) is 9.93. The Bertz CT molecular complexity index is 670. The number of nitrogens with one attached hydrogen (secondary N) is 1. The van der Waals surface area contributed by atoms with Gasteiger partial charge >= 0.3 is 0 Å². The van der Waals surface area contributed by atoms with Crippen molar-refractivity contribution in [2.45, 2.75) is 56.4 Å². The lowest BCUT2D eigenvalue weighted by molar-refractivity contribution is -0.142. The van der Waals surface area contributed by atoms with Gasteiger partial charge in [-0.1, -0.05) is 36.8 Å². The van der Waals surface area contributed by atoms with Crippen LogP contribution in [0.3, 0.4) is 0 Å². The van der Waals surface area contributed by atoms with Gasteiger partial charge in [-0.3, -0.25) is 9.59 Å². The van der Waals surface area contributed by atoms with E-state index in [2.05, 4.69) is 5.32 Å². The van der Waals surface area contributed by atoms with Crippen molar-refractivity contribution in [3.05, 3.63) is 35.9 Å². The fourth-order valence-electron chi connectivity index (χ4n) is 5.31. The Labute approximate surface area is 155 Å². The first-order chi connectivity index (χ1) is 12.6. The highest BCUT2D eigenvalue weighted by molar-refractivity contribution is 5.91. The average molecular weight is 355 g/mol. The van der Waals surface area contributed by atoms with E-state index in [9.17, 15) is 9.59 Å². The van der Waals surface area contributed by atoms with Gasteiger partial charge in [-0.15, -0.1) is 0 Å². The molecule has 0 radical (unpaired) electrons. The van der Waals surface area contributed by atoms with Crippen LogP contribution in [-0.2, 0) is 15.0 Å². The third-order valence-electron chi connectivity index (χ3n) is 7.12. The molecule has 26 heavy (non-hydrogen) atoms. The number of rotatable bonds is 2. The zero-order valence-corrected chi connectivity index (χ0v) is 15.4. The third kappa shape index (κ3) is 2.82. The summed E-state index contributed by atoms with van der Waals surface area (Å²) in [6, 6.07) is 10.3. The molecule has 2 amide bonds. The molecule has 5 heteroatoms. The predicted molar refractivity (Wildman–Crippen MR) is 100 cm³/mol. The molecule has 3 fully saturated rings. The highest BCUT2D eigenvalue weighted by atomic mass is 16.2. The first kappa shape index (κ1) is 17.5. The minimum absolute atomic E-state index is 0.0406. The molecular weight excluding hydrogens is 326 g/mol. The summed E-state index contributed by atoms with van der Waals surface area (Å²) in [6.07, 6.45) is 6.56. The summed E-state index contributed by atoms with van der Waals surface area (Å²) in [4.78, 5) is 27.4. The van der Waals surface area contributed by atoms with Crippen LogP contribution in [0.2, 0.25) is 0 Å². The number of hydrogen-bond donors (Lipinski definition) is 2. The summed E-state index contributed by atoms with van der Waals surface area (Å²) in [6.45, 7) is 1.97. The van der Waals surface area contributed by atoms with Crippen molar-refractivity contribution in [2.75, 3.05) is 19.6 Å². The number of nitrogens with two attached hydrogens (primary N) is 1. The molecule has 1 aromatic carbocycles. The molecule has 3 N–H and O–H groups in total. The van der Waals surface area contributed by atoms with Crippen molar-refractivity contribution in [2.24, 2.45) is 11.1 Å². The summed E-state index contributed by atoms with van der Waals surface area (Å²) in [5, 5.41) is 2.94. The summed E-state index contributed by atoms with van der Waals surface area (Å²) >= 11 is 0. The van der Waals surface area contributed by atoms with Crippen LogP contribution in [0.5, 0.6) is 0 Å². The van der Waals surface area contributed by atoms with Crippen molar-refractivity contribution in [3.8, 4) is 0 Å². The van der Waals surface area contributed by atoms with Crippen LogP contribution >= 0.6 is 0 Å². The monoisotopic (exact) mass is 355 g/mol. The lowest BCUT2D eigenvalue weighted by Gasteiger charge is -2.46. The number of carbonyl (C=O) groups excluding carboxylic acids is 2. The maximum absolute atomic E-state index is 13.6. The van der Waals surface area contributed by atoms with E-state index >= 15 is 0 Å². The quantitative estimate of drug-likeness (QED) is 0.851. The standard InChI is InChI=1S/C21H29N3O2/c22-17-7-4-9-20(17)11-13-24(14-12-20)19(26)21(10-8-18(25)23-15-21)16-5-2-1-3-6-16/h1-3,5-6,17H,4,7-15,22H2,(H,23,25). The highest BCUT2D eigenvalue weighted by Gasteiger charge is 2.49. The number of nitrogens with zero attached hydrogens (tertiary/aromatic N) is 1. The van der Waals surface area contributed by atoms with Gasteiger partial charge in [0.05, 0.1) is 5.41 Å². The van der Waals surface area contributed by atoms with E-state index in [0.717, 1.165) is 37.9 Å². The Morgan fingerprint density at radius 1 is 1.12 bits per heavy atom. The molecule has 0 bridgehead atoms. The number of benzene rings is 1. The van der Waals surface area contributed by atoms with Gasteiger partial charge in [0.25, 0.3) is 0 Å². The minimum Gasteiger partial charge on any atom is -0.355 e. The fraction of sp³-hybridized carbons (Fsp3) is 0.619. The number of amides is 2. The smallest absolute Gasteiger partial charge is 0.235 e. The van der Waals surface area contributed by atoms with Crippen molar-refractivity contribution >= 4 is 11.8 Å². The zero-order valence-electron chi connectivity index (χ0n) is 15.4. The number of hydrogen-bond acceptors (Lipinski definition) is 3. The van der Waals surface area contributed by atoms with E-state index in [1.54, 1.807) is 0 Å². The Morgan fingerprint density at radius 2 is 1.85 bits per heavy atom. The molecular formula is C21H29N3O2. The summed E-state index contributed by atoms with van der Waals surface area (Å²) in [7, 11) is 0. The van der Waals surface area contributed by atoms with E-state index in [0.29, 0.717) is 19.4 Å². The second kappa shape index (κ2) is 6.69. The first-order valence-corrected chi connectivity index (χ1v) is 9.93. The fourth-order valence-corrected chi connectivity index (χ4v) is 5.31. The minimum atomic E-state index is -0.628. The average Bonchev–Trinajstić information content (AvgIpc) is 3.03. The summed E-state index contributed by atoms with van der Waals surface area (Å²) < 4.78 is 0. The molecule has 2 saturated heterocycles. The second-order valence-corrected chi connectivity index (χ2v) is 8.38. The van der Waals surface area contributed by atoms with Gasteiger partial charge in [-0.25, -0.2) is 0 Å². The van der Waals surface area contributed by atoms with Crippen molar-refractivity contribution < 1.29 is 9.59 Å². The zero-order chi connectivity index (χ0) is 18.2. The van der Waals surface area contributed by atoms with E-state index in [1.807, 2.05) is 35.2 Å². The van der Waals surface area contributed by atoms with E-state index in [-0.39, 0.29) is 23.3 Å². The van der Waals surface area contributed by atoms with Crippen LogP contribution in [0.1, 0.15) is 50.5 Å². The van der Waals surface area contributed by atoms with E-state index in [1.165, 1.54) is 12.8 Å². The molecule has 1 saturated carbocycles. The normalized spacial score (nSPS) is 31.0. The van der Waals surface area contributed by atoms with Crippen LogP contribution in [0.25, 0.3) is 0 Å². The Hall–Kier alpha value is -1.88. The van der Waals surface area contributed by atoms with E-state index < -0.39 is 5.41 Å². The largest absolute Gasteiger partial charge is 0.355 e. The highest BCUT2D eigenvalue weighted by Crippen LogP contribution is 2.46. The number of likely N-dealkylation sites (tertiary alicyclic amines) is 1. The lowest BCUT2D eigenvalue weighted by atomic mass is 9.71. The molecule has 1 spiro atoms. The molecule has 1 aromatic rings. The lowest BCUT2D eigenvalue weighted by Crippen LogP contribution is -2.58. The van der Waals surface area contributed by atoms with Gasteiger partial charge < -0.3 is 16.0 Å². The molecule has 2 aliphatic heterocycles. The number of carbonyl (C=O) groups is 2. The summed E-state index contributed by atoms with van der Waals surface area (Å²) in [5.41, 5.74) is 7.03.